The highest BCUT2D eigenvalue weighted by atomic mass is 19.3. The van der Waals surface area contributed by atoms with Crippen LogP contribution in [-0.4, -0.2) is 67.2 Å². The van der Waals surface area contributed by atoms with Crippen LogP contribution in [0.3, 0.4) is 0 Å². The Hall–Kier alpha value is -1.16. The molecule has 1 rings (SSSR count). The normalized spacial score (nSPS) is 25.2. The fraction of sp³-hybridized carbons (Fsp3) is 0.900. The predicted octanol–water partition coefficient (Wildman–Crippen LogP) is 1.97. The predicted molar refractivity (Wildman–Crippen MR) is 55.7 cm³/mol. The first-order valence-corrected chi connectivity index (χ1v) is 5.76. The summed E-state index contributed by atoms with van der Waals surface area (Å²) in [7, 11) is 0. The van der Waals surface area contributed by atoms with E-state index in [-0.39, 0.29) is 13.0 Å². The van der Waals surface area contributed by atoms with E-state index in [4.69, 9.17) is 9.84 Å². The third-order valence-corrected chi connectivity index (χ3v) is 2.71. The van der Waals surface area contributed by atoms with Crippen LogP contribution < -0.4 is 0 Å². The molecule has 0 bridgehead atoms. The Bertz CT molecular complexity index is 320. The molecule has 0 aliphatic carbocycles. The maximum absolute atomic E-state index is 12.9. The third kappa shape index (κ3) is 5.08. The summed E-state index contributed by atoms with van der Waals surface area (Å²) in [4.78, 5) is 11.6. The van der Waals surface area contributed by atoms with Crippen LogP contribution in [0.2, 0.25) is 0 Å². The molecule has 1 saturated heterocycles. The van der Waals surface area contributed by atoms with Gasteiger partial charge in [-0.05, 0) is 6.42 Å². The quantitative estimate of drug-likeness (QED) is 0.762. The van der Waals surface area contributed by atoms with Crippen molar-refractivity contribution in [3.8, 4) is 0 Å². The fourth-order valence-electron chi connectivity index (χ4n) is 1.81. The van der Waals surface area contributed by atoms with Crippen molar-refractivity contribution in [3.63, 3.8) is 0 Å². The molecule has 1 heterocycles. The molecule has 0 saturated carbocycles. The van der Waals surface area contributed by atoms with Crippen LogP contribution in [0.15, 0.2) is 0 Å². The Labute approximate surface area is 111 Å². The first-order chi connectivity index (χ1) is 9.31. The van der Waals surface area contributed by atoms with E-state index in [2.05, 4.69) is 4.74 Å². The number of ether oxygens (including phenoxy) is 2. The van der Waals surface area contributed by atoms with Gasteiger partial charge >= 0.3 is 6.09 Å². The largest absolute Gasteiger partial charge is 0.465 e. The second-order valence-electron chi connectivity index (χ2n) is 4.14. The van der Waals surface area contributed by atoms with Crippen LogP contribution in [0.1, 0.15) is 6.42 Å². The van der Waals surface area contributed by atoms with Gasteiger partial charge in [0.15, 0.2) is 0 Å². The molecule has 1 aliphatic rings. The molecule has 3 atom stereocenters. The van der Waals surface area contributed by atoms with E-state index in [9.17, 15) is 26.7 Å². The zero-order valence-electron chi connectivity index (χ0n) is 10.2. The van der Waals surface area contributed by atoms with Gasteiger partial charge < -0.3 is 19.5 Å². The molecule has 1 fully saturated rings. The summed E-state index contributed by atoms with van der Waals surface area (Å²) in [5.74, 6) is 0. The average molecular weight is 307 g/mol. The molecule has 0 spiro atoms. The molecular weight excluding hydrogens is 293 g/mol. The number of carbonyl (C=O) groups is 1. The Kier molecular flexibility index (Phi) is 6.40. The summed E-state index contributed by atoms with van der Waals surface area (Å²) in [6, 6.07) is 0. The second kappa shape index (κ2) is 7.58. The molecule has 0 aromatic heterocycles. The maximum atomic E-state index is 12.9. The van der Waals surface area contributed by atoms with Gasteiger partial charge in [0.2, 0.25) is 0 Å². The lowest BCUT2D eigenvalue weighted by Crippen LogP contribution is -2.52. The molecule has 10 heteroatoms. The number of likely N-dealkylation sites (tertiary alicyclic amines) is 1. The maximum Gasteiger partial charge on any atom is 0.407 e. The fourth-order valence-corrected chi connectivity index (χ4v) is 1.81. The zero-order chi connectivity index (χ0) is 15.3. The molecule has 1 aliphatic heterocycles. The Morgan fingerprint density at radius 2 is 1.90 bits per heavy atom. The van der Waals surface area contributed by atoms with E-state index in [1.165, 1.54) is 0 Å². The first-order valence-electron chi connectivity index (χ1n) is 5.76. The Balaban J connectivity index is 2.63. The van der Waals surface area contributed by atoms with Crippen LogP contribution in [0.25, 0.3) is 0 Å². The minimum absolute atomic E-state index is 0.0330. The third-order valence-electron chi connectivity index (χ3n) is 2.71. The number of hydrogen-bond acceptors (Lipinski definition) is 3. The van der Waals surface area contributed by atoms with Gasteiger partial charge in [0.25, 0.3) is 19.2 Å². The SMILES string of the molecule is O=C(O)N1CCC(OCC(F)F)C(OC(F)C(F)F)C1. The van der Waals surface area contributed by atoms with Crippen molar-refractivity contribution in [1.29, 1.82) is 0 Å². The van der Waals surface area contributed by atoms with Crippen LogP contribution in [-0.2, 0) is 9.47 Å². The molecule has 1 N–H and O–H groups in total. The minimum atomic E-state index is -3.41. The number of amides is 1. The lowest BCUT2D eigenvalue weighted by atomic mass is 10.0. The minimum Gasteiger partial charge on any atom is -0.465 e. The number of rotatable bonds is 6. The second-order valence-corrected chi connectivity index (χ2v) is 4.14. The van der Waals surface area contributed by atoms with E-state index in [0.29, 0.717) is 0 Å². The zero-order valence-corrected chi connectivity index (χ0v) is 10.2. The number of halogens is 5. The average Bonchev–Trinajstić information content (AvgIpc) is 2.36. The van der Waals surface area contributed by atoms with Crippen molar-refractivity contribution in [3.05, 3.63) is 0 Å². The van der Waals surface area contributed by atoms with E-state index >= 15 is 0 Å². The summed E-state index contributed by atoms with van der Waals surface area (Å²) < 4.78 is 70.3. The van der Waals surface area contributed by atoms with Crippen LogP contribution in [0.4, 0.5) is 26.7 Å². The first kappa shape index (κ1) is 16.9. The van der Waals surface area contributed by atoms with E-state index < -0.39 is 50.7 Å². The highest BCUT2D eigenvalue weighted by molar-refractivity contribution is 5.65. The summed E-state index contributed by atoms with van der Waals surface area (Å²) in [5, 5.41) is 8.77. The molecule has 0 aromatic carbocycles. The molecular formula is C10H14F5NO4. The van der Waals surface area contributed by atoms with E-state index in [1.807, 2.05) is 0 Å². The summed E-state index contributed by atoms with van der Waals surface area (Å²) >= 11 is 0. The number of alkyl halides is 5. The number of nitrogens with zero attached hydrogens (tertiary/aromatic N) is 1. The number of piperidine rings is 1. The smallest absolute Gasteiger partial charge is 0.407 e. The van der Waals surface area contributed by atoms with E-state index in [0.717, 1.165) is 4.90 Å². The molecule has 118 valence electrons. The molecule has 3 unspecified atom stereocenters. The van der Waals surface area contributed by atoms with Crippen molar-refractivity contribution in [1.82, 2.24) is 4.90 Å². The monoisotopic (exact) mass is 307 g/mol. The molecule has 0 radical (unpaired) electrons. The molecule has 1 amide bonds. The van der Waals surface area contributed by atoms with Gasteiger partial charge in [-0.2, -0.15) is 0 Å². The summed E-state index contributed by atoms with van der Waals surface area (Å²) in [6.07, 6.45) is -12.9. The summed E-state index contributed by atoms with van der Waals surface area (Å²) in [5.41, 5.74) is 0. The van der Waals surface area contributed by atoms with Gasteiger partial charge in [-0.15, -0.1) is 0 Å². The Morgan fingerprint density at radius 1 is 1.25 bits per heavy atom. The van der Waals surface area contributed by atoms with E-state index in [1.54, 1.807) is 0 Å². The summed E-state index contributed by atoms with van der Waals surface area (Å²) in [6.45, 7) is -1.41. The van der Waals surface area contributed by atoms with Gasteiger partial charge in [0.05, 0.1) is 12.6 Å². The lowest BCUT2D eigenvalue weighted by molar-refractivity contribution is -0.203. The van der Waals surface area contributed by atoms with Gasteiger partial charge in [-0.1, -0.05) is 0 Å². The number of carboxylic acid groups (broad SMARTS) is 1. The highest BCUT2D eigenvalue weighted by Gasteiger charge is 2.36. The standard InChI is InChI=1S/C10H14F5NO4/c11-7(12)4-19-5-1-2-16(10(17)18)3-6(5)20-9(15)8(13)14/h5-9H,1-4H2,(H,17,18). The van der Waals surface area contributed by atoms with Gasteiger partial charge in [0.1, 0.15) is 12.7 Å². The van der Waals surface area contributed by atoms with Crippen LogP contribution in [0, 0.1) is 0 Å². The highest BCUT2D eigenvalue weighted by Crippen LogP contribution is 2.21. The molecule has 0 aromatic rings. The van der Waals surface area contributed by atoms with Crippen LogP contribution >= 0.6 is 0 Å². The molecule has 20 heavy (non-hydrogen) atoms. The topological polar surface area (TPSA) is 59.0 Å². The Morgan fingerprint density at radius 3 is 2.40 bits per heavy atom. The van der Waals surface area contributed by atoms with Crippen LogP contribution in [0.5, 0.6) is 0 Å². The van der Waals surface area contributed by atoms with Gasteiger partial charge in [0, 0.05) is 6.54 Å². The lowest BCUT2D eigenvalue weighted by Gasteiger charge is -2.37. The van der Waals surface area contributed by atoms with Crippen molar-refractivity contribution < 1.29 is 41.3 Å². The number of hydrogen-bond donors (Lipinski definition) is 1. The van der Waals surface area contributed by atoms with Crippen molar-refractivity contribution in [2.75, 3.05) is 19.7 Å². The van der Waals surface area contributed by atoms with Crippen molar-refractivity contribution in [2.24, 2.45) is 0 Å². The van der Waals surface area contributed by atoms with Gasteiger partial charge in [-0.25, -0.2) is 26.7 Å². The van der Waals surface area contributed by atoms with Crippen molar-refractivity contribution >= 4 is 6.09 Å². The molecule has 5 nitrogen and oxygen atoms in total. The van der Waals surface area contributed by atoms with Crippen molar-refractivity contribution in [2.45, 2.75) is 37.8 Å². The van der Waals surface area contributed by atoms with Gasteiger partial charge in [-0.3, -0.25) is 0 Å².